The fourth-order valence-corrected chi connectivity index (χ4v) is 1.98. The largest absolute Gasteiger partial charge is 0.494 e. The molecule has 3 aromatic rings. The van der Waals surface area contributed by atoms with E-state index in [0.29, 0.717) is 30.4 Å². The summed E-state index contributed by atoms with van der Waals surface area (Å²) in [6.07, 6.45) is 1.58. The number of nitrogens with two attached hydrogens (primary N) is 1. The highest BCUT2D eigenvalue weighted by molar-refractivity contribution is 5.73. The van der Waals surface area contributed by atoms with E-state index in [1.807, 2.05) is 31.2 Å². The lowest BCUT2D eigenvalue weighted by Crippen LogP contribution is -1.97. The van der Waals surface area contributed by atoms with Crippen LogP contribution >= 0.6 is 0 Å². The standard InChI is InChI=1S/C15H16N4O2/c1-2-20-11-3-5-12(6-4-11)21-9-14-18-13-7-10(16)8-17-15(13)19-14/h3-8H,2,9,16H2,1H3,(H,17,18,19). The number of nitrogens with one attached hydrogen (secondary N) is 1. The van der Waals surface area contributed by atoms with Crippen LogP contribution in [0.2, 0.25) is 0 Å². The van der Waals surface area contributed by atoms with Crippen molar-refractivity contribution in [2.24, 2.45) is 0 Å². The molecule has 0 aliphatic heterocycles. The number of H-pyrrole nitrogens is 1. The summed E-state index contributed by atoms with van der Waals surface area (Å²) >= 11 is 0. The maximum atomic E-state index is 5.68. The molecule has 0 saturated heterocycles. The number of imidazole rings is 1. The highest BCUT2D eigenvalue weighted by Gasteiger charge is 2.05. The maximum Gasteiger partial charge on any atom is 0.177 e. The number of fused-ring (bicyclic) bond motifs is 1. The number of ether oxygens (including phenoxy) is 2. The first-order valence-electron chi connectivity index (χ1n) is 6.70. The van der Waals surface area contributed by atoms with Crippen molar-refractivity contribution in [3.05, 3.63) is 42.4 Å². The third-order valence-electron chi connectivity index (χ3n) is 2.92. The lowest BCUT2D eigenvalue weighted by molar-refractivity contribution is 0.296. The Morgan fingerprint density at radius 2 is 1.86 bits per heavy atom. The molecule has 0 spiro atoms. The monoisotopic (exact) mass is 284 g/mol. The van der Waals surface area contributed by atoms with Gasteiger partial charge in [0.1, 0.15) is 23.9 Å². The second-order valence-corrected chi connectivity index (χ2v) is 4.52. The number of rotatable bonds is 5. The Bertz CT molecular complexity index is 737. The van der Waals surface area contributed by atoms with Crippen molar-refractivity contribution in [1.29, 1.82) is 0 Å². The van der Waals surface area contributed by atoms with Crippen molar-refractivity contribution in [2.75, 3.05) is 12.3 Å². The van der Waals surface area contributed by atoms with Gasteiger partial charge in [-0.25, -0.2) is 9.97 Å². The average Bonchev–Trinajstić information content (AvgIpc) is 2.89. The molecule has 3 N–H and O–H groups in total. The molecule has 1 aromatic carbocycles. The van der Waals surface area contributed by atoms with Gasteiger partial charge in [-0.3, -0.25) is 0 Å². The van der Waals surface area contributed by atoms with E-state index in [-0.39, 0.29) is 0 Å². The van der Waals surface area contributed by atoms with Crippen LogP contribution in [0.4, 0.5) is 5.69 Å². The predicted molar refractivity (Wildman–Crippen MR) is 80.2 cm³/mol. The molecular weight excluding hydrogens is 268 g/mol. The zero-order valence-electron chi connectivity index (χ0n) is 11.7. The van der Waals surface area contributed by atoms with Crippen molar-refractivity contribution < 1.29 is 9.47 Å². The summed E-state index contributed by atoms with van der Waals surface area (Å²) in [5.41, 5.74) is 7.73. The first-order valence-corrected chi connectivity index (χ1v) is 6.70. The molecule has 0 saturated carbocycles. The first kappa shape index (κ1) is 13.2. The van der Waals surface area contributed by atoms with Gasteiger partial charge in [-0.2, -0.15) is 0 Å². The first-order chi connectivity index (χ1) is 10.2. The quantitative estimate of drug-likeness (QED) is 0.752. The predicted octanol–water partition coefficient (Wildman–Crippen LogP) is 2.52. The van der Waals surface area contributed by atoms with Gasteiger partial charge in [0.05, 0.1) is 24.0 Å². The smallest absolute Gasteiger partial charge is 0.177 e. The number of anilines is 1. The van der Waals surface area contributed by atoms with E-state index in [1.54, 1.807) is 12.3 Å². The molecule has 0 aliphatic rings. The Morgan fingerprint density at radius 3 is 2.57 bits per heavy atom. The summed E-state index contributed by atoms with van der Waals surface area (Å²) in [4.78, 5) is 11.6. The Balaban J connectivity index is 1.68. The number of nitrogen functional groups attached to an aromatic ring is 1. The van der Waals surface area contributed by atoms with Crippen LogP contribution in [-0.2, 0) is 6.61 Å². The molecule has 2 heterocycles. The van der Waals surface area contributed by atoms with E-state index in [9.17, 15) is 0 Å². The number of hydrogen-bond donors (Lipinski definition) is 2. The van der Waals surface area contributed by atoms with Crippen molar-refractivity contribution in [2.45, 2.75) is 13.5 Å². The zero-order valence-corrected chi connectivity index (χ0v) is 11.7. The van der Waals surface area contributed by atoms with Gasteiger partial charge in [-0.1, -0.05) is 0 Å². The zero-order chi connectivity index (χ0) is 14.7. The molecule has 0 aliphatic carbocycles. The molecule has 0 radical (unpaired) electrons. The molecule has 6 heteroatoms. The molecule has 108 valence electrons. The molecule has 2 aromatic heterocycles. The van der Waals surface area contributed by atoms with E-state index in [0.717, 1.165) is 17.0 Å². The van der Waals surface area contributed by atoms with Gasteiger partial charge in [-0.15, -0.1) is 0 Å². The van der Waals surface area contributed by atoms with Gasteiger partial charge < -0.3 is 20.2 Å². The van der Waals surface area contributed by atoms with Crippen LogP contribution in [0.1, 0.15) is 12.7 Å². The van der Waals surface area contributed by atoms with Crippen molar-refractivity contribution >= 4 is 16.9 Å². The molecule has 0 atom stereocenters. The molecule has 6 nitrogen and oxygen atoms in total. The van der Waals surface area contributed by atoms with E-state index >= 15 is 0 Å². The SMILES string of the molecule is CCOc1ccc(OCc2nc3ncc(N)cc3[nH]2)cc1. The summed E-state index contributed by atoms with van der Waals surface area (Å²) in [5.74, 6) is 2.29. The summed E-state index contributed by atoms with van der Waals surface area (Å²) in [7, 11) is 0. The summed E-state index contributed by atoms with van der Waals surface area (Å²) in [6.45, 7) is 2.94. The molecule has 3 rings (SSSR count). The summed E-state index contributed by atoms with van der Waals surface area (Å²) < 4.78 is 11.1. The maximum absolute atomic E-state index is 5.68. The number of aromatic nitrogens is 3. The van der Waals surface area contributed by atoms with Crippen LogP contribution in [0.5, 0.6) is 11.5 Å². The van der Waals surface area contributed by atoms with Crippen molar-refractivity contribution in [1.82, 2.24) is 15.0 Å². The highest BCUT2D eigenvalue weighted by Crippen LogP contribution is 2.19. The number of hydrogen-bond acceptors (Lipinski definition) is 5. The number of pyridine rings is 1. The fraction of sp³-hybridized carbons (Fsp3) is 0.200. The lowest BCUT2D eigenvalue weighted by atomic mass is 10.3. The Labute approximate surface area is 121 Å². The summed E-state index contributed by atoms with van der Waals surface area (Å²) in [6, 6.07) is 9.28. The van der Waals surface area contributed by atoms with Gasteiger partial charge in [0.15, 0.2) is 5.65 Å². The van der Waals surface area contributed by atoms with Crippen molar-refractivity contribution in [3.63, 3.8) is 0 Å². The lowest BCUT2D eigenvalue weighted by Gasteiger charge is -2.06. The van der Waals surface area contributed by atoms with Crippen LogP contribution in [0.3, 0.4) is 0 Å². The number of benzene rings is 1. The van der Waals surface area contributed by atoms with E-state index < -0.39 is 0 Å². The Hall–Kier alpha value is -2.76. The molecule has 21 heavy (non-hydrogen) atoms. The Kier molecular flexibility index (Phi) is 3.59. The third kappa shape index (κ3) is 3.05. The van der Waals surface area contributed by atoms with Crippen LogP contribution in [0.25, 0.3) is 11.2 Å². The molecular formula is C15H16N4O2. The van der Waals surface area contributed by atoms with Crippen molar-refractivity contribution in [3.8, 4) is 11.5 Å². The second-order valence-electron chi connectivity index (χ2n) is 4.52. The van der Waals surface area contributed by atoms with Crippen LogP contribution < -0.4 is 15.2 Å². The van der Waals surface area contributed by atoms with Crippen LogP contribution in [-0.4, -0.2) is 21.6 Å². The molecule has 0 unspecified atom stereocenters. The topological polar surface area (TPSA) is 86.1 Å². The highest BCUT2D eigenvalue weighted by atomic mass is 16.5. The normalized spacial score (nSPS) is 10.7. The van der Waals surface area contributed by atoms with Gasteiger partial charge in [0, 0.05) is 0 Å². The van der Waals surface area contributed by atoms with E-state index in [4.69, 9.17) is 15.2 Å². The third-order valence-corrected chi connectivity index (χ3v) is 2.92. The number of nitrogens with zero attached hydrogens (tertiary/aromatic N) is 2. The van der Waals surface area contributed by atoms with Crippen LogP contribution in [0.15, 0.2) is 36.5 Å². The van der Waals surface area contributed by atoms with Gasteiger partial charge in [-0.05, 0) is 37.3 Å². The van der Waals surface area contributed by atoms with E-state index in [2.05, 4.69) is 15.0 Å². The van der Waals surface area contributed by atoms with Gasteiger partial charge >= 0.3 is 0 Å². The molecule has 0 amide bonds. The minimum atomic E-state index is 0.338. The average molecular weight is 284 g/mol. The Morgan fingerprint density at radius 1 is 1.14 bits per heavy atom. The van der Waals surface area contributed by atoms with Gasteiger partial charge in [0.25, 0.3) is 0 Å². The summed E-state index contributed by atoms with van der Waals surface area (Å²) in [5, 5.41) is 0. The molecule has 0 bridgehead atoms. The minimum absolute atomic E-state index is 0.338. The van der Waals surface area contributed by atoms with Crippen LogP contribution in [0, 0.1) is 0 Å². The molecule has 0 fully saturated rings. The number of aromatic amines is 1. The van der Waals surface area contributed by atoms with Gasteiger partial charge in [0.2, 0.25) is 0 Å². The minimum Gasteiger partial charge on any atom is -0.494 e. The second kappa shape index (κ2) is 5.70. The van der Waals surface area contributed by atoms with E-state index in [1.165, 1.54) is 0 Å². The fourth-order valence-electron chi connectivity index (χ4n) is 1.98.